The summed E-state index contributed by atoms with van der Waals surface area (Å²) in [6.07, 6.45) is 9.62. The lowest BCUT2D eigenvalue weighted by atomic mass is 9.49. The molecule has 7 heteroatoms. The molecule has 5 fully saturated rings. The average Bonchev–Trinajstić information content (AvgIpc) is 3.29. The minimum absolute atomic E-state index is 0.0932. The number of anilines is 1. The maximum atomic E-state index is 13.6. The van der Waals surface area contributed by atoms with Crippen molar-refractivity contribution in [1.29, 1.82) is 0 Å². The van der Waals surface area contributed by atoms with Crippen molar-refractivity contribution in [3.05, 3.63) is 5.01 Å². The van der Waals surface area contributed by atoms with Gasteiger partial charge in [0.2, 0.25) is 16.9 Å². The Kier molecular flexibility index (Phi) is 4.26. The lowest BCUT2D eigenvalue weighted by molar-refractivity contribution is -0.160. The third-order valence-electron chi connectivity index (χ3n) is 7.31. The second-order valence-electron chi connectivity index (χ2n) is 9.20. The van der Waals surface area contributed by atoms with E-state index in [2.05, 4.69) is 15.5 Å². The number of carbonyl (C=O) groups is 2. The van der Waals surface area contributed by atoms with E-state index in [1.807, 2.05) is 11.8 Å². The van der Waals surface area contributed by atoms with E-state index in [9.17, 15) is 9.59 Å². The molecule has 0 unspecified atom stereocenters. The van der Waals surface area contributed by atoms with Crippen LogP contribution in [0.5, 0.6) is 0 Å². The molecule has 1 atom stereocenters. The Labute approximate surface area is 164 Å². The zero-order valence-electron chi connectivity index (χ0n) is 15.9. The Morgan fingerprint density at radius 3 is 2.41 bits per heavy atom. The molecule has 6 rings (SSSR count). The first-order chi connectivity index (χ1) is 13.1. The van der Waals surface area contributed by atoms with Gasteiger partial charge in [0.1, 0.15) is 11.0 Å². The van der Waals surface area contributed by atoms with Gasteiger partial charge in [0, 0.05) is 6.54 Å². The molecule has 4 saturated carbocycles. The number of hydrogen-bond acceptors (Lipinski definition) is 5. The molecule has 6 nitrogen and oxygen atoms in total. The smallest absolute Gasteiger partial charge is 0.249 e. The van der Waals surface area contributed by atoms with Gasteiger partial charge in [-0.2, -0.15) is 0 Å². The van der Waals surface area contributed by atoms with Crippen molar-refractivity contribution >= 4 is 28.3 Å². The van der Waals surface area contributed by atoms with Crippen LogP contribution in [0.15, 0.2) is 0 Å². The zero-order valence-corrected chi connectivity index (χ0v) is 16.8. The average molecular weight is 389 g/mol. The molecule has 0 radical (unpaired) electrons. The maximum Gasteiger partial charge on any atom is 0.249 e. The highest BCUT2D eigenvalue weighted by Crippen LogP contribution is 2.60. The summed E-state index contributed by atoms with van der Waals surface area (Å²) in [4.78, 5) is 28.4. The summed E-state index contributed by atoms with van der Waals surface area (Å²) in [6.45, 7) is 2.74. The number of aromatic nitrogens is 2. The quantitative estimate of drug-likeness (QED) is 0.859. The second kappa shape index (κ2) is 6.54. The summed E-state index contributed by atoms with van der Waals surface area (Å²) >= 11 is 1.42. The van der Waals surface area contributed by atoms with Gasteiger partial charge in [0.05, 0.1) is 5.41 Å². The van der Waals surface area contributed by atoms with Gasteiger partial charge in [-0.1, -0.05) is 18.3 Å². The van der Waals surface area contributed by atoms with Crippen molar-refractivity contribution in [3.63, 3.8) is 0 Å². The highest BCUT2D eigenvalue weighted by molar-refractivity contribution is 7.15. The molecule has 27 heavy (non-hydrogen) atoms. The lowest BCUT2D eigenvalue weighted by Crippen LogP contribution is -2.56. The SMILES string of the molecule is CCc1nnc(NC(=O)[C@H]2CCCN2C(=O)C23CC4CC(CC(C4)C2)C3)s1. The maximum absolute atomic E-state index is 13.6. The van der Waals surface area contributed by atoms with Crippen LogP contribution in [0.3, 0.4) is 0 Å². The van der Waals surface area contributed by atoms with Crippen LogP contribution in [-0.2, 0) is 16.0 Å². The van der Waals surface area contributed by atoms with Gasteiger partial charge in [0.15, 0.2) is 0 Å². The molecule has 4 aliphatic carbocycles. The Morgan fingerprint density at radius 1 is 1.15 bits per heavy atom. The fourth-order valence-corrected chi connectivity index (χ4v) is 7.28. The van der Waals surface area contributed by atoms with E-state index in [4.69, 9.17) is 0 Å². The fraction of sp³-hybridized carbons (Fsp3) is 0.800. The molecule has 0 spiro atoms. The molecule has 1 aromatic rings. The number of amides is 2. The van der Waals surface area contributed by atoms with Crippen LogP contribution in [0.4, 0.5) is 5.13 Å². The van der Waals surface area contributed by atoms with Gasteiger partial charge in [-0.25, -0.2) is 0 Å². The van der Waals surface area contributed by atoms with E-state index in [1.165, 1.54) is 30.6 Å². The van der Waals surface area contributed by atoms with Crippen molar-refractivity contribution in [2.24, 2.45) is 23.2 Å². The number of nitrogens with one attached hydrogen (secondary N) is 1. The molecule has 1 aliphatic heterocycles. The minimum Gasteiger partial charge on any atom is -0.330 e. The molecule has 1 N–H and O–H groups in total. The molecular weight excluding hydrogens is 360 g/mol. The monoisotopic (exact) mass is 388 g/mol. The first kappa shape index (κ1) is 17.6. The Balaban J connectivity index is 1.32. The summed E-state index contributed by atoms with van der Waals surface area (Å²) in [7, 11) is 0. The van der Waals surface area contributed by atoms with Crippen LogP contribution < -0.4 is 5.32 Å². The molecular formula is C20H28N4O2S. The molecule has 4 bridgehead atoms. The first-order valence-electron chi connectivity index (χ1n) is 10.5. The van der Waals surface area contributed by atoms with Crippen LogP contribution in [0, 0.1) is 23.2 Å². The van der Waals surface area contributed by atoms with E-state index >= 15 is 0 Å². The van der Waals surface area contributed by atoms with E-state index < -0.39 is 0 Å². The summed E-state index contributed by atoms with van der Waals surface area (Å²) in [5.41, 5.74) is -0.171. The summed E-state index contributed by atoms with van der Waals surface area (Å²) in [5, 5.41) is 12.5. The zero-order chi connectivity index (χ0) is 18.6. The minimum atomic E-state index is -0.348. The van der Waals surface area contributed by atoms with E-state index in [0.29, 0.717) is 5.13 Å². The Hall–Kier alpha value is -1.50. The van der Waals surface area contributed by atoms with Crippen LogP contribution in [0.2, 0.25) is 0 Å². The standard InChI is InChI=1S/C20H28N4O2S/c1-2-16-22-23-19(27-16)21-17(25)15-4-3-5-24(15)18(26)20-9-12-6-13(10-20)8-14(7-12)11-20/h12-15H,2-11H2,1H3,(H,21,23,25)/t12?,13?,14?,15-,20?/m1/s1. The molecule has 5 aliphatic rings. The van der Waals surface area contributed by atoms with E-state index in [0.717, 1.165) is 67.8 Å². The number of aryl methyl sites for hydroxylation is 1. The largest absolute Gasteiger partial charge is 0.330 e. The molecule has 1 aromatic heterocycles. The predicted molar refractivity (Wildman–Crippen MR) is 103 cm³/mol. The molecule has 146 valence electrons. The number of rotatable bonds is 4. The van der Waals surface area contributed by atoms with Crippen LogP contribution >= 0.6 is 11.3 Å². The lowest BCUT2D eigenvalue weighted by Gasteiger charge is -2.56. The predicted octanol–water partition coefficient (Wildman–Crippen LogP) is 3.25. The number of hydrogen-bond donors (Lipinski definition) is 1. The highest BCUT2D eigenvalue weighted by atomic mass is 32.1. The summed E-state index contributed by atoms with van der Waals surface area (Å²) < 4.78 is 0. The van der Waals surface area contributed by atoms with Crippen molar-refractivity contribution in [1.82, 2.24) is 15.1 Å². The van der Waals surface area contributed by atoms with Gasteiger partial charge in [-0.15, -0.1) is 10.2 Å². The summed E-state index contributed by atoms with van der Waals surface area (Å²) in [5.74, 6) is 2.40. The Bertz CT molecular complexity index is 726. The number of nitrogens with zero attached hydrogens (tertiary/aromatic N) is 3. The highest BCUT2D eigenvalue weighted by Gasteiger charge is 2.56. The third kappa shape index (κ3) is 2.98. The molecule has 2 amide bonds. The van der Waals surface area contributed by atoms with Gasteiger partial charge in [0.25, 0.3) is 0 Å². The summed E-state index contributed by atoms with van der Waals surface area (Å²) in [6, 6.07) is -0.348. The first-order valence-corrected chi connectivity index (χ1v) is 11.3. The van der Waals surface area contributed by atoms with Crippen molar-refractivity contribution in [2.45, 2.75) is 70.8 Å². The van der Waals surface area contributed by atoms with Crippen molar-refractivity contribution < 1.29 is 9.59 Å². The van der Waals surface area contributed by atoms with Crippen LogP contribution in [0.25, 0.3) is 0 Å². The van der Waals surface area contributed by atoms with Crippen LogP contribution in [0.1, 0.15) is 63.3 Å². The molecule has 2 heterocycles. The van der Waals surface area contributed by atoms with Gasteiger partial charge in [-0.3, -0.25) is 14.9 Å². The van der Waals surface area contributed by atoms with Gasteiger partial charge >= 0.3 is 0 Å². The van der Waals surface area contributed by atoms with Crippen LogP contribution in [-0.4, -0.2) is 39.5 Å². The topological polar surface area (TPSA) is 75.2 Å². The van der Waals surface area contributed by atoms with Gasteiger partial charge < -0.3 is 4.90 Å². The molecule has 1 saturated heterocycles. The third-order valence-corrected chi connectivity index (χ3v) is 8.29. The number of likely N-dealkylation sites (tertiary alicyclic amines) is 1. The fourth-order valence-electron chi connectivity index (χ4n) is 6.60. The van der Waals surface area contributed by atoms with E-state index in [1.54, 1.807) is 0 Å². The molecule has 0 aromatic carbocycles. The van der Waals surface area contributed by atoms with Gasteiger partial charge in [-0.05, 0) is 75.5 Å². The number of carbonyl (C=O) groups excluding carboxylic acids is 2. The van der Waals surface area contributed by atoms with E-state index in [-0.39, 0.29) is 23.3 Å². The van der Waals surface area contributed by atoms with Crippen molar-refractivity contribution in [3.8, 4) is 0 Å². The second-order valence-corrected chi connectivity index (χ2v) is 10.3. The Morgan fingerprint density at radius 2 is 1.81 bits per heavy atom. The normalized spacial score (nSPS) is 37.0. The van der Waals surface area contributed by atoms with Crippen molar-refractivity contribution in [2.75, 3.05) is 11.9 Å².